The number of carbonyl (C=O) groups excluding carboxylic acids is 1. The molecule has 0 aliphatic carbocycles. The molecule has 0 saturated heterocycles. The topological polar surface area (TPSA) is 53.4 Å². The molecule has 1 N–H and O–H groups in total. The zero-order valence-corrected chi connectivity index (χ0v) is 26.9. The maximum atomic E-state index is 12.3. The van der Waals surface area contributed by atoms with E-state index >= 15 is 0 Å². The summed E-state index contributed by atoms with van der Waals surface area (Å²) in [6.45, 7) is 15.3. The van der Waals surface area contributed by atoms with Crippen LogP contribution < -0.4 is 4.31 Å². The maximum absolute atomic E-state index is 12.3. The van der Waals surface area contributed by atoms with Gasteiger partial charge >= 0.3 is 0 Å². The van der Waals surface area contributed by atoms with E-state index in [1.54, 1.807) is 39.6 Å². The highest BCUT2D eigenvalue weighted by atomic mass is 32.2. The van der Waals surface area contributed by atoms with Crippen molar-refractivity contribution in [2.75, 3.05) is 10.6 Å². The molecule has 0 unspecified atom stereocenters. The van der Waals surface area contributed by atoms with E-state index in [9.17, 15) is 4.79 Å². The van der Waals surface area contributed by atoms with Crippen LogP contribution in [0.5, 0.6) is 0 Å². The summed E-state index contributed by atoms with van der Waals surface area (Å²) >= 11 is 1.73. The van der Waals surface area contributed by atoms with E-state index < -0.39 is 5.60 Å². The van der Waals surface area contributed by atoms with Gasteiger partial charge < -0.3 is 9.41 Å². The zero-order chi connectivity index (χ0) is 30.9. The second-order valence-electron chi connectivity index (χ2n) is 11.2. The largest absolute Gasteiger partial charge is 0.391 e. The van der Waals surface area contributed by atoms with Crippen LogP contribution in [0.2, 0.25) is 0 Å². The summed E-state index contributed by atoms with van der Waals surface area (Å²) in [5, 5.41) is 8.52. The number of terminal acetylenes is 1. The van der Waals surface area contributed by atoms with Crippen molar-refractivity contribution in [1.29, 1.82) is 0 Å². The third-order valence-corrected chi connectivity index (χ3v) is 7.52. The minimum atomic E-state index is -0.500. The molecule has 0 bridgehead atoms. The van der Waals surface area contributed by atoms with E-state index in [2.05, 4.69) is 92.4 Å². The Labute approximate surface area is 252 Å². The Morgan fingerprint density at radius 1 is 1.12 bits per heavy atom. The number of hydrogen-bond acceptors (Lipinski definition) is 5. The van der Waals surface area contributed by atoms with Crippen LogP contribution in [-0.4, -0.2) is 27.7 Å². The average Bonchev–Trinajstić information content (AvgIpc) is 2.91. The first-order chi connectivity index (χ1) is 19.3. The number of pyridine rings is 1. The lowest BCUT2D eigenvalue weighted by atomic mass is 9.84. The summed E-state index contributed by atoms with van der Waals surface area (Å²) in [6, 6.07) is 13.3. The number of anilines is 1. The molecule has 1 aliphatic heterocycles. The molecule has 0 amide bonds. The molecular formula is C36H44N2O2S. The Balaban J connectivity index is 0.000000759. The van der Waals surface area contributed by atoms with E-state index in [1.165, 1.54) is 27.9 Å². The van der Waals surface area contributed by atoms with Gasteiger partial charge in [-0.1, -0.05) is 41.8 Å². The fraction of sp³-hybridized carbons (Fsp3) is 0.389. The van der Waals surface area contributed by atoms with Gasteiger partial charge in [0.05, 0.1) is 23.0 Å². The molecule has 41 heavy (non-hydrogen) atoms. The Morgan fingerprint density at radius 2 is 1.73 bits per heavy atom. The molecule has 1 aromatic heterocycles. The summed E-state index contributed by atoms with van der Waals surface area (Å²) < 4.78 is 2.38. The molecule has 2 heterocycles. The van der Waals surface area contributed by atoms with Crippen molar-refractivity contribution in [3.8, 4) is 47.1 Å². The van der Waals surface area contributed by atoms with E-state index in [1.807, 2.05) is 13.1 Å². The maximum Gasteiger partial charge on any atom is 0.134 e. The standard InChI is InChI=1S/C30H32N2OS.C4H10O.C2H2/c1-7-8-9-10-23-16-26-22(5)32(34-6)30-21(4)25(15-20(3)33)27(17-28(30)29(26)31-18-23)24-13-11-19(2)12-14-24;1-4(2,3)5;1-2/h11-14,16-18,22H,9-10,15H2,1-6H3;5H,1-3H3;1-2H/t22-;;/m1../s1. The Bertz CT molecular complexity index is 1430. The number of fused-ring (bicyclic) bond motifs is 3. The summed E-state index contributed by atoms with van der Waals surface area (Å²) in [5.74, 6) is 6.32. The predicted molar refractivity (Wildman–Crippen MR) is 177 cm³/mol. The van der Waals surface area contributed by atoms with Crippen LogP contribution >= 0.6 is 11.9 Å². The molecule has 0 fully saturated rings. The first kappa shape index (κ1) is 33.7. The minimum Gasteiger partial charge on any atom is -0.391 e. The van der Waals surface area contributed by atoms with Crippen molar-refractivity contribution in [2.45, 2.75) is 86.3 Å². The number of aliphatic hydroxyl groups is 1. The van der Waals surface area contributed by atoms with Crippen LogP contribution in [0.3, 0.4) is 0 Å². The Kier molecular flexibility index (Phi) is 12.3. The smallest absolute Gasteiger partial charge is 0.134 e. The predicted octanol–water partition coefficient (Wildman–Crippen LogP) is 8.31. The van der Waals surface area contributed by atoms with Crippen LogP contribution in [0.25, 0.3) is 22.4 Å². The molecule has 0 saturated carbocycles. The van der Waals surface area contributed by atoms with Crippen molar-refractivity contribution in [3.63, 3.8) is 0 Å². The van der Waals surface area contributed by atoms with Crippen LogP contribution in [-0.2, 0) is 17.6 Å². The lowest BCUT2D eigenvalue weighted by molar-refractivity contribution is -0.116. The normalized spacial score (nSPS) is 13.3. The summed E-state index contributed by atoms with van der Waals surface area (Å²) in [6.07, 6.45) is 14.3. The molecule has 4 rings (SSSR count). The minimum absolute atomic E-state index is 0.175. The molecule has 3 aromatic rings. The van der Waals surface area contributed by atoms with Gasteiger partial charge in [0.15, 0.2) is 0 Å². The van der Waals surface area contributed by atoms with Gasteiger partial charge in [-0.25, -0.2) is 0 Å². The number of Topliss-reactive ketones (excluding diaryl/α,β-unsaturated/α-hetero) is 1. The molecule has 4 nitrogen and oxygen atoms in total. The van der Waals surface area contributed by atoms with Crippen molar-refractivity contribution >= 4 is 23.4 Å². The Morgan fingerprint density at radius 3 is 2.27 bits per heavy atom. The third kappa shape index (κ3) is 8.74. The lowest BCUT2D eigenvalue weighted by Gasteiger charge is -2.38. The summed E-state index contributed by atoms with van der Waals surface area (Å²) in [4.78, 5) is 17.3. The van der Waals surface area contributed by atoms with Crippen molar-refractivity contribution < 1.29 is 9.90 Å². The van der Waals surface area contributed by atoms with Crippen LogP contribution in [0.4, 0.5) is 5.69 Å². The number of nitrogens with zero attached hydrogens (tertiary/aromatic N) is 2. The molecule has 1 aliphatic rings. The van der Waals surface area contributed by atoms with Crippen molar-refractivity contribution in [1.82, 2.24) is 4.98 Å². The van der Waals surface area contributed by atoms with Crippen molar-refractivity contribution in [3.05, 3.63) is 70.4 Å². The summed E-state index contributed by atoms with van der Waals surface area (Å²) in [7, 11) is 0. The number of rotatable bonds is 6. The number of aromatic nitrogens is 1. The quantitative estimate of drug-likeness (QED) is 0.239. The second kappa shape index (κ2) is 14.9. The van der Waals surface area contributed by atoms with E-state index in [-0.39, 0.29) is 11.8 Å². The van der Waals surface area contributed by atoms with Gasteiger partial charge in [-0.15, -0.1) is 24.7 Å². The summed E-state index contributed by atoms with van der Waals surface area (Å²) in [5.41, 5.74) is 11.1. The molecule has 2 aromatic carbocycles. The van der Waals surface area contributed by atoms with E-state index in [0.29, 0.717) is 6.42 Å². The SMILES string of the molecule is C#C.CC#CCCc1cnc2c(c1)[C@@H](C)N(SC)c1c-2cc(-c2ccc(C)cc2)c(CC(C)=O)c1C.CC(C)(C)O. The fourth-order valence-corrected chi connectivity index (χ4v) is 5.74. The average molecular weight is 569 g/mol. The fourth-order valence-electron chi connectivity index (χ4n) is 4.89. The van der Waals surface area contributed by atoms with Gasteiger partial charge in [0.2, 0.25) is 0 Å². The highest BCUT2D eigenvalue weighted by Gasteiger charge is 2.32. The zero-order valence-electron chi connectivity index (χ0n) is 26.1. The van der Waals surface area contributed by atoms with Crippen LogP contribution in [0, 0.1) is 38.5 Å². The van der Waals surface area contributed by atoms with Gasteiger partial charge in [-0.2, -0.15) is 0 Å². The van der Waals surface area contributed by atoms with Crippen LogP contribution in [0.1, 0.15) is 81.8 Å². The third-order valence-electron chi connectivity index (χ3n) is 6.63. The number of aryl methyl sites for hydroxylation is 2. The monoisotopic (exact) mass is 568 g/mol. The molecule has 0 spiro atoms. The van der Waals surface area contributed by atoms with Crippen LogP contribution in [0.15, 0.2) is 42.6 Å². The molecule has 216 valence electrons. The first-order valence-electron chi connectivity index (χ1n) is 13.9. The van der Waals surface area contributed by atoms with Gasteiger partial charge in [0.1, 0.15) is 5.78 Å². The number of ketones is 1. The van der Waals surface area contributed by atoms with Gasteiger partial charge in [-0.05, 0) is 102 Å². The Hall–Kier alpha value is -3.51. The molecule has 5 heteroatoms. The lowest BCUT2D eigenvalue weighted by Crippen LogP contribution is -2.26. The van der Waals surface area contributed by atoms with Crippen molar-refractivity contribution in [2.24, 2.45) is 0 Å². The van der Waals surface area contributed by atoms with E-state index in [4.69, 9.17) is 10.1 Å². The molecular weight excluding hydrogens is 524 g/mol. The molecule has 1 atom stereocenters. The highest BCUT2D eigenvalue weighted by molar-refractivity contribution is 8.00. The first-order valence-corrected chi connectivity index (χ1v) is 15.0. The van der Waals surface area contributed by atoms with Gasteiger partial charge in [0.25, 0.3) is 0 Å². The second-order valence-corrected chi connectivity index (χ2v) is 12.0. The van der Waals surface area contributed by atoms with Gasteiger partial charge in [0, 0.05) is 36.4 Å². The number of hydrogen-bond donors (Lipinski definition) is 1. The highest BCUT2D eigenvalue weighted by Crippen LogP contribution is 2.51. The number of carbonyl (C=O) groups is 1. The van der Waals surface area contributed by atoms with E-state index in [0.717, 1.165) is 40.8 Å². The van der Waals surface area contributed by atoms with Gasteiger partial charge in [-0.3, -0.25) is 9.78 Å². The molecule has 0 radical (unpaired) electrons. The number of benzene rings is 2.